The molecular formula is C25H31FN4O5. The Bertz CT molecular complexity index is 1190. The van der Waals surface area contributed by atoms with Crippen LogP contribution in [0.5, 0.6) is 0 Å². The Morgan fingerprint density at radius 1 is 1.20 bits per heavy atom. The van der Waals surface area contributed by atoms with E-state index in [1.54, 1.807) is 6.07 Å². The lowest BCUT2D eigenvalue weighted by molar-refractivity contribution is -0.190. The summed E-state index contributed by atoms with van der Waals surface area (Å²) in [5.41, 5.74) is 3.88. The van der Waals surface area contributed by atoms with E-state index in [9.17, 15) is 14.7 Å². The van der Waals surface area contributed by atoms with Gasteiger partial charge in [0.15, 0.2) is 6.29 Å². The summed E-state index contributed by atoms with van der Waals surface area (Å²) in [5.74, 6) is -1.80. The number of aromatic carboxylic acids is 1. The van der Waals surface area contributed by atoms with Gasteiger partial charge in [-0.2, -0.15) is 0 Å². The van der Waals surface area contributed by atoms with Crippen LogP contribution in [0.4, 0.5) is 10.1 Å². The molecule has 35 heavy (non-hydrogen) atoms. The molecule has 0 amide bonds. The minimum Gasteiger partial charge on any atom is -0.477 e. The van der Waals surface area contributed by atoms with Crippen molar-refractivity contribution in [2.45, 2.75) is 51.4 Å². The zero-order valence-electron chi connectivity index (χ0n) is 19.8. The summed E-state index contributed by atoms with van der Waals surface area (Å²) in [5, 5.41) is 9.54. The Balaban J connectivity index is 1.29. The third-order valence-corrected chi connectivity index (χ3v) is 6.79. The number of allylic oxidation sites excluding steroid dienone is 1. The average Bonchev–Trinajstić information content (AvgIpc) is 3.69. The highest BCUT2D eigenvalue weighted by Crippen LogP contribution is 2.38. The van der Waals surface area contributed by atoms with Crippen LogP contribution in [0.3, 0.4) is 0 Å². The van der Waals surface area contributed by atoms with Crippen LogP contribution in [0.25, 0.3) is 10.9 Å². The first-order valence-electron chi connectivity index (χ1n) is 12.2. The fraction of sp³-hybridized carbons (Fsp3) is 0.520. The van der Waals surface area contributed by atoms with E-state index in [2.05, 4.69) is 10.4 Å². The van der Waals surface area contributed by atoms with Gasteiger partial charge in [0.1, 0.15) is 11.4 Å². The number of carboxylic acid groups (broad SMARTS) is 1. The number of aromatic nitrogens is 1. The first kappa shape index (κ1) is 23.6. The molecule has 3 heterocycles. The maximum Gasteiger partial charge on any atom is 0.341 e. The highest BCUT2D eigenvalue weighted by atomic mass is 19.1. The molecular weight excluding hydrogens is 455 g/mol. The number of hydrogen-bond donors (Lipinski definition) is 2. The third kappa shape index (κ3) is 5.13. The van der Waals surface area contributed by atoms with E-state index in [4.69, 9.17) is 9.57 Å². The number of fused-ring (bicyclic) bond motifs is 1. The van der Waals surface area contributed by atoms with Gasteiger partial charge in [-0.15, -0.1) is 0 Å². The van der Waals surface area contributed by atoms with E-state index in [-0.39, 0.29) is 23.3 Å². The molecule has 1 aliphatic carbocycles. The van der Waals surface area contributed by atoms with Crippen molar-refractivity contribution >= 4 is 22.6 Å². The zero-order valence-corrected chi connectivity index (χ0v) is 19.8. The van der Waals surface area contributed by atoms with Crippen LogP contribution in [0.2, 0.25) is 0 Å². The summed E-state index contributed by atoms with van der Waals surface area (Å²) < 4.78 is 22.5. The second-order valence-corrected chi connectivity index (χ2v) is 9.49. The molecule has 2 N–H and O–H groups in total. The molecule has 1 unspecified atom stereocenters. The van der Waals surface area contributed by atoms with Gasteiger partial charge in [0, 0.05) is 63.0 Å². The molecule has 1 atom stereocenters. The van der Waals surface area contributed by atoms with Crippen molar-refractivity contribution in [3.8, 4) is 0 Å². The number of carboxylic acids is 1. The molecule has 3 fully saturated rings. The van der Waals surface area contributed by atoms with Gasteiger partial charge in [-0.1, -0.05) is 0 Å². The molecule has 188 valence electrons. The molecule has 1 aromatic heterocycles. The molecule has 10 heteroatoms. The van der Waals surface area contributed by atoms with Crippen molar-refractivity contribution in [1.29, 1.82) is 0 Å². The highest BCUT2D eigenvalue weighted by Gasteiger charge is 2.28. The predicted molar refractivity (Wildman–Crippen MR) is 129 cm³/mol. The normalized spacial score (nSPS) is 21.4. The summed E-state index contributed by atoms with van der Waals surface area (Å²) >= 11 is 0. The molecule has 1 aromatic carbocycles. The summed E-state index contributed by atoms with van der Waals surface area (Å²) in [6.45, 7) is 5.27. The van der Waals surface area contributed by atoms with Crippen molar-refractivity contribution in [2.75, 3.05) is 37.7 Å². The molecule has 2 aromatic rings. The van der Waals surface area contributed by atoms with Crippen LogP contribution in [-0.2, 0) is 9.57 Å². The number of rotatable bonds is 7. The van der Waals surface area contributed by atoms with Crippen molar-refractivity contribution in [3.63, 3.8) is 0 Å². The van der Waals surface area contributed by atoms with E-state index in [0.29, 0.717) is 37.4 Å². The number of ether oxygens (including phenoxy) is 1. The Labute approximate surface area is 202 Å². The topological polar surface area (TPSA) is 96.3 Å². The lowest BCUT2D eigenvalue weighted by Crippen LogP contribution is -2.45. The fourth-order valence-electron chi connectivity index (χ4n) is 4.76. The Morgan fingerprint density at radius 3 is 2.63 bits per heavy atom. The van der Waals surface area contributed by atoms with Crippen LogP contribution in [0.1, 0.15) is 55.4 Å². The molecule has 2 aliphatic heterocycles. The lowest BCUT2D eigenvalue weighted by atomic mass is 10.1. The molecule has 3 aliphatic rings. The molecule has 1 saturated carbocycles. The van der Waals surface area contributed by atoms with E-state index in [1.807, 2.05) is 22.6 Å². The highest BCUT2D eigenvalue weighted by molar-refractivity contribution is 5.93. The number of piperazine rings is 1. The average molecular weight is 487 g/mol. The first-order chi connectivity index (χ1) is 16.9. The lowest BCUT2D eigenvalue weighted by Gasteiger charge is -2.36. The van der Waals surface area contributed by atoms with E-state index >= 15 is 4.39 Å². The number of pyridine rings is 1. The zero-order chi connectivity index (χ0) is 24.5. The number of hydroxylamine groups is 1. The van der Waals surface area contributed by atoms with E-state index in [1.165, 1.54) is 12.3 Å². The summed E-state index contributed by atoms with van der Waals surface area (Å²) in [6, 6.07) is 3.04. The Kier molecular flexibility index (Phi) is 6.66. The van der Waals surface area contributed by atoms with Crippen LogP contribution >= 0.6 is 0 Å². The van der Waals surface area contributed by atoms with Gasteiger partial charge in [0.05, 0.1) is 16.9 Å². The summed E-state index contributed by atoms with van der Waals surface area (Å²) in [6.07, 6.45) is 8.05. The molecule has 9 nitrogen and oxygen atoms in total. The summed E-state index contributed by atoms with van der Waals surface area (Å²) in [7, 11) is 0. The van der Waals surface area contributed by atoms with Gasteiger partial charge < -0.3 is 24.2 Å². The Hall–Kier alpha value is -3.11. The quantitative estimate of drug-likeness (QED) is 0.576. The van der Waals surface area contributed by atoms with Gasteiger partial charge in [0.2, 0.25) is 5.43 Å². The number of hydrogen-bond acceptors (Lipinski definition) is 7. The first-order valence-corrected chi connectivity index (χ1v) is 12.2. The smallest absolute Gasteiger partial charge is 0.341 e. The second kappa shape index (κ2) is 9.87. The van der Waals surface area contributed by atoms with Crippen LogP contribution in [-0.4, -0.2) is 59.6 Å². The Morgan fingerprint density at radius 2 is 1.97 bits per heavy atom. The van der Waals surface area contributed by atoms with Gasteiger partial charge in [0.25, 0.3) is 0 Å². The molecule has 0 radical (unpaired) electrons. The van der Waals surface area contributed by atoms with Crippen molar-refractivity contribution < 1.29 is 23.9 Å². The second-order valence-electron chi connectivity index (χ2n) is 9.49. The van der Waals surface area contributed by atoms with Gasteiger partial charge >= 0.3 is 5.97 Å². The largest absolute Gasteiger partial charge is 0.477 e. The molecule has 0 bridgehead atoms. The maximum absolute atomic E-state index is 15.1. The predicted octanol–water partition coefficient (Wildman–Crippen LogP) is 3.20. The minimum atomic E-state index is -1.29. The number of anilines is 1. The number of halogens is 1. The standard InChI is InChI=1S/C25H31FN4O5/c1-16(27-35-23-4-2-3-11-34-23)14-28-7-9-29(10-8-28)22-13-21-18(12-20(22)26)24(31)19(25(32)33)15-30(21)17-5-6-17/h12-15,17,23,27H,2-11H2,1H3,(H,32,33). The minimum absolute atomic E-state index is 0.114. The maximum atomic E-state index is 15.1. The van der Waals surface area contributed by atoms with Crippen LogP contribution in [0, 0.1) is 5.82 Å². The van der Waals surface area contributed by atoms with Crippen LogP contribution < -0.4 is 15.8 Å². The molecule has 2 saturated heterocycles. The van der Waals surface area contributed by atoms with Gasteiger partial charge in [-0.25, -0.2) is 14.0 Å². The number of carbonyl (C=O) groups is 1. The van der Waals surface area contributed by atoms with Crippen molar-refractivity contribution in [1.82, 2.24) is 14.9 Å². The van der Waals surface area contributed by atoms with Crippen LogP contribution in [0.15, 0.2) is 35.0 Å². The number of nitrogens with zero attached hydrogens (tertiary/aromatic N) is 3. The van der Waals surface area contributed by atoms with E-state index in [0.717, 1.165) is 44.4 Å². The van der Waals surface area contributed by atoms with Gasteiger partial charge in [-0.05, 0) is 44.7 Å². The number of benzene rings is 1. The van der Waals surface area contributed by atoms with Gasteiger partial charge in [-0.3, -0.25) is 10.3 Å². The summed E-state index contributed by atoms with van der Waals surface area (Å²) in [4.78, 5) is 34.0. The molecule has 0 spiro atoms. The SMILES string of the molecule is CC(=CN1CCN(c2cc3c(cc2F)c(=O)c(C(=O)O)cn3C2CC2)CC1)NOC1CCCCO1. The fourth-order valence-corrected chi connectivity index (χ4v) is 4.76. The van der Waals surface area contributed by atoms with Crippen molar-refractivity contribution in [2.24, 2.45) is 0 Å². The molecule has 5 rings (SSSR count). The number of nitrogens with one attached hydrogen (secondary N) is 1. The van der Waals surface area contributed by atoms with E-state index < -0.39 is 17.2 Å². The van der Waals surface area contributed by atoms with Crippen molar-refractivity contribution in [3.05, 3.63) is 51.8 Å². The third-order valence-electron chi connectivity index (χ3n) is 6.79. The monoisotopic (exact) mass is 486 g/mol.